The summed E-state index contributed by atoms with van der Waals surface area (Å²) in [6, 6.07) is 11.6. The molecule has 0 spiro atoms. The van der Waals surface area contributed by atoms with E-state index in [-0.39, 0.29) is 20.8 Å². The van der Waals surface area contributed by atoms with Gasteiger partial charge in [0, 0.05) is 12.1 Å². The van der Waals surface area contributed by atoms with E-state index in [1.807, 2.05) is 41.3 Å². The van der Waals surface area contributed by atoms with Crippen molar-refractivity contribution in [2.75, 3.05) is 18.0 Å². The lowest BCUT2D eigenvalue weighted by Crippen LogP contribution is -2.29. The summed E-state index contributed by atoms with van der Waals surface area (Å²) in [4.78, 5) is 10.6. The van der Waals surface area contributed by atoms with Crippen LogP contribution in [0.25, 0.3) is 0 Å². The molecule has 0 atom stereocenters. The van der Waals surface area contributed by atoms with Gasteiger partial charge in [-0.15, -0.1) is 0 Å². The summed E-state index contributed by atoms with van der Waals surface area (Å²) < 4.78 is 0. The molecule has 4 nitrogen and oxygen atoms in total. The molecule has 1 aliphatic heterocycles. The number of hydrogen-bond donors (Lipinski definition) is 0. The first-order valence-corrected chi connectivity index (χ1v) is 7.59. The van der Waals surface area contributed by atoms with Gasteiger partial charge in [0.1, 0.15) is 22.5 Å². The van der Waals surface area contributed by atoms with Crippen LogP contribution in [0, 0.1) is 11.3 Å². The van der Waals surface area contributed by atoms with Crippen LogP contribution >= 0.6 is 34.8 Å². The molecule has 1 aliphatic rings. The topological polar surface area (TPSA) is 52.3 Å². The Kier molecular flexibility index (Phi) is 4.21. The van der Waals surface area contributed by atoms with Crippen LogP contribution in [0.15, 0.2) is 35.3 Å². The van der Waals surface area contributed by atoms with Crippen molar-refractivity contribution in [3.8, 4) is 6.07 Å². The molecule has 3 rings (SSSR count). The van der Waals surface area contributed by atoms with Gasteiger partial charge in [-0.25, -0.2) is 4.98 Å². The van der Waals surface area contributed by atoms with Crippen LogP contribution in [0.4, 0.5) is 5.82 Å². The molecule has 0 saturated carbocycles. The molecule has 0 amide bonds. The smallest absolute Gasteiger partial charge is 0.156 e. The molecule has 2 aromatic rings. The molecule has 7 heteroatoms. The van der Waals surface area contributed by atoms with Gasteiger partial charge < -0.3 is 4.90 Å². The maximum Gasteiger partial charge on any atom is 0.156 e. The summed E-state index contributed by atoms with van der Waals surface area (Å²) in [7, 11) is 0. The van der Waals surface area contributed by atoms with Crippen molar-refractivity contribution in [1.82, 2.24) is 4.98 Å². The SMILES string of the molecule is N#Cc1c(Cl)nc(N2CCN=C2c2ccccc2)c(Cl)c1Cl. The lowest BCUT2D eigenvalue weighted by atomic mass is 10.2. The fourth-order valence-corrected chi connectivity index (χ4v) is 2.98. The molecule has 0 saturated heterocycles. The molecule has 0 N–H and O–H groups in total. The van der Waals surface area contributed by atoms with E-state index in [9.17, 15) is 0 Å². The van der Waals surface area contributed by atoms with Crippen LogP contribution in [0.2, 0.25) is 15.2 Å². The number of rotatable bonds is 2. The largest absolute Gasteiger partial charge is 0.308 e. The van der Waals surface area contributed by atoms with Gasteiger partial charge in [0.05, 0.1) is 11.6 Å². The second kappa shape index (κ2) is 6.13. The van der Waals surface area contributed by atoms with E-state index in [0.29, 0.717) is 18.9 Å². The summed E-state index contributed by atoms with van der Waals surface area (Å²) in [5, 5.41) is 9.40. The van der Waals surface area contributed by atoms with Crippen molar-refractivity contribution in [2.45, 2.75) is 0 Å². The highest BCUT2D eigenvalue weighted by atomic mass is 35.5. The van der Waals surface area contributed by atoms with Crippen LogP contribution < -0.4 is 4.90 Å². The highest BCUT2D eigenvalue weighted by Gasteiger charge is 2.26. The molecular weight excluding hydrogens is 343 g/mol. The third kappa shape index (κ3) is 2.52. The third-order valence-corrected chi connectivity index (χ3v) is 4.37. The Morgan fingerprint density at radius 3 is 2.50 bits per heavy atom. The van der Waals surface area contributed by atoms with E-state index < -0.39 is 0 Å². The standard InChI is InChI=1S/C15H9Cl3N4/c16-11-10(8-19)13(18)21-15(12(11)17)22-7-6-20-14(22)9-4-2-1-3-5-9/h1-5H,6-7H2. The average molecular weight is 352 g/mol. The molecular formula is C15H9Cl3N4. The second-order valence-corrected chi connectivity index (χ2v) is 5.68. The van der Waals surface area contributed by atoms with Crippen molar-refractivity contribution in [1.29, 1.82) is 5.26 Å². The van der Waals surface area contributed by atoms with Gasteiger partial charge in [-0.3, -0.25) is 4.99 Å². The summed E-state index contributed by atoms with van der Waals surface area (Å²) >= 11 is 18.4. The van der Waals surface area contributed by atoms with Crippen LogP contribution in [0.1, 0.15) is 11.1 Å². The number of nitriles is 1. The minimum absolute atomic E-state index is 0.0335. The van der Waals surface area contributed by atoms with E-state index in [4.69, 9.17) is 40.1 Å². The van der Waals surface area contributed by atoms with Gasteiger partial charge in [0.25, 0.3) is 0 Å². The van der Waals surface area contributed by atoms with E-state index in [1.165, 1.54) is 0 Å². The van der Waals surface area contributed by atoms with E-state index in [1.54, 1.807) is 0 Å². The molecule has 110 valence electrons. The van der Waals surface area contributed by atoms with Crippen LogP contribution in [0.5, 0.6) is 0 Å². The van der Waals surface area contributed by atoms with Crippen molar-refractivity contribution < 1.29 is 0 Å². The number of hydrogen-bond acceptors (Lipinski definition) is 4. The van der Waals surface area contributed by atoms with Crippen molar-refractivity contribution in [3.05, 3.63) is 56.7 Å². The zero-order valence-electron chi connectivity index (χ0n) is 11.2. The Morgan fingerprint density at radius 1 is 1.09 bits per heavy atom. The van der Waals surface area contributed by atoms with Gasteiger partial charge in [-0.05, 0) is 0 Å². The maximum atomic E-state index is 9.06. The van der Waals surface area contributed by atoms with Gasteiger partial charge >= 0.3 is 0 Å². The average Bonchev–Trinajstić information content (AvgIpc) is 3.01. The molecule has 1 aromatic heterocycles. The predicted molar refractivity (Wildman–Crippen MR) is 89.2 cm³/mol. The number of anilines is 1. The van der Waals surface area contributed by atoms with Crippen LogP contribution in [-0.4, -0.2) is 23.9 Å². The summed E-state index contributed by atoms with van der Waals surface area (Å²) in [5.41, 5.74) is 1.03. The molecule has 0 aliphatic carbocycles. The molecule has 0 radical (unpaired) electrons. The Bertz CT molecular complexity index is 797. The highest BCUT2D eigenvalue weighted by Crippen LogP contribution is 2.37. The minimum atomic E-state index is 0.0335. The Labute approximate surface area is 142 Å². The lowest BCUT2D eigenvalue weighted by Gasteiger charge is -2.21. The first kappa shape index (κ1) is 15.1. The van der Waals surface area contributed by atoms with E-state index >= 15 is 0 Å². The first-order chi connectivity index (χ1) is 10.6. The highest BCUT2D eigenvalue weighted by molar-refractivity contribution is 6.46. The molecule has 0 bridgehead atoms. The quantitative estimate of drug-likeness (QED) is 0.763. The van der Waals surface area contributed by atoms with Crippen molar-refractivity contribution >= 4 is 46.5 Å². The molecule has 1 aromatic carbocycles. The fraction of sp³-hybridized carbons (Fsp3) is 0.133. The van der Waals surface area contributed by atoms with E-state index in [2.05, 4.69) is 9.98 Å². The number of amidine groups is 1. The maximum absolute atomic E-state index is 9.06. The number of pyridine rings is 1. The number of aliphatic imine (C=N–C) groups is 1. The van der Waals surface area contributed by atoms with E-state index in [0.717, 1.165) is 11.4 Å². The molecule has 0 unspecified atom stereocenters. The summed E-state index contributed by atoms with van der Waals surface area (Å²) in [5.74, 6) is 1.17. The van der Waals surface area contributed by atoms with Crippen LogP contribution in [0.3, 0.4) is 0 Å². The Morgan fingerprint density at radius 2 is 1.82 bits per heavy atom. The number of aromatic nitrogens is 1. The molecule has 2 heterocycles. The zero-order chi connectivity index (χ0) is 15.7. The normalized spacial score (nSPS) is 13.9. The summed E-state index contributed by atoms with van der Waals surface area (Å²) in [6.45, 7) is 1.24. The Balaban J connectivity index is 2.09. The number of halogens is 3. The summed E-state index contributed by atoms with van der Waals surface area (Å²) in [6.07, 6.45) is 0. The van der Waals surface area contributed by atoms with Gasteiger partial charge in [-0.1, -0.05) is 65.1 Å². The zero-order valence-corrected chi connectivity index (χ0v) is 13.5. The molecule has 0 fully saturated rings. The second-order valence-electron chi connectivity index (χ2n) is 4.56. The van der Waals surface area contributed by atoms with Gasteiger partial charge in [0.15, 0.2) is 11.0 Å². The molecule has 22 heavy (non-hydrogen) atoms. The minimum Gasteiger partial charge on any atom is -0.308 e. The number of benzene rings is 1. The lowest BCUT2D eigenvalue weighted by molar-refractivity contribution is 0.998. The van der Waals surface area contributed by atoms with Crippen molar-refractivity contribution in [3.63, 3.8) is 0 Å². The monoisotopic (exact) mass is 350 g/mol. The predicted octanol–water partition coefficient (Wildman–Crippen LogP) is 4.18. The van der Waals surface area contributed by atoms with Gasteiger partial charge in [0.2, 0.25) is 0 Å². The first-order valence-electron chi connectivity index (χ1n) is 6.45. The number of nitrogens with zero attached hydrogens (tertiary/aromatic N) is 4. The van der Waals surface area contributed by atoms with Crippen molar-refractivity contribution in [2.24, 2.45) is 4.99 Å². The fourth-order valence-electron chi connectivity index (χ4n) is 2.26. The Hall–Kier alpha value is -1.80. The third-order valence-electron chi connectivity index (χ3n) is 3.26. The van der Waals surface area contributed by atoms with Gasteiger partial charge in [-0.2, -0.15) is 5.26 Å². The van der Waals surface area contributed by atoms with Crippen LogP contribution in [-0.2, 0) is 0 Å².